The zero-order valence-corrected chi connectivity index (χ0v) is 9.04. The maximum Gasteiger partial charge on any atom is 0.226 e. The van der Waals surface area contributed by atoms with Crippen LogP contribution in [0.15, 0.2) is 12.4 Å². The quantitative estimate of drug-likeness (QED) is 0.804. The third-order valence-corrected chi connectivity index (χ3v) is 2.47. The van der Waals surface area contributed by atoms with Crippen molar-refractivity contribution in [3.05, 3.63) is 23.8 Å². The summed E-state index contributed by atoms with van der Waals surface area (Å²) < 4.78 is 0. The molecule has 0 fully saturated rings. The second-order valence-corrected chi connectivity index (χ2v) is 3.86. The second kappa shape index (κ2) is 4.95. The molecule has 2 N–H and O–H groups in total. The number of primary amides is 1. The molecule has 0 radical (unpaired) electrons. The first-order valence-corrected chi connectivity index (χ1v) is 5.63. The summed E-state index contributed by atoms with van der Waals surface area (Å²) in [5.74, 6) is 0.0841. The normalized spacial score (nSPS) is 12.4. The van der Waals surface area contributed by atoms with Crippen LogP contribution in [0.5, 0.6) is 0 Å². The van der Waals surface area contributed by atoms with E-state index in [4.69, 9.17) is 5.73 Å². The van der Waals surface area contributed by atoms with Crippen LogP contribution in [0, 0.1) is 0 Å². The Bertz CT molecular complexity index is 312. The average molecular weight is 211 g/mol. The Labute approximate surface area is 87.3 Å². The highest BCUT2D eigenvalue weighted by atomic mass is 32.2. The predicted octanol–water partition coefficient (Wildman–Crippen LogP) is 0.928. The van der Waals surface area contributed by atoms with Crippen molar-refractivity contribution in [2.24, 2.45) is 5.73 Å². The molecule has 1 aromatic heterocycles. The highest BCUT2D eigenvalue weighted by Gasteiger charge is 2.12. The molecule has 14 heavy (non-hydrogen) atoms. The van der Waals surface area contributed by atoms with Crippen molar-refractivity contribution in [3.63, 3.8) is 0 Å². The molecule has 0 saturated carbocycles. The van der Waals surface area contributed by atoms with Crippen molar-refractivity contribution in [2.45, 2.75) is 18.6 Å². The van der Waals surface area contributed by atoms with Gasteiger partial charge in [-0.1, -0.05) is 0 Å². The maximum absolute atomic E-state index is 10.9. The Hall–Kier alpha value is -1.10. The van der Waals surface area contributed by atoms with E-state index < -0.39 is 0 Å². The van der Waals surface area contributed by atoms with Gasteiger partial charge in [0.05, 0.1) is 17.3 Å². The van der Waals surface area contributed by atoms with Crippen molar-refractivity contribution in [1.82, 2.24) is 9.97 Å². The number of hydrogen-bond acceptors (Lipinski definition) is 4. The smallest absolute Gasteiger partial charge is 0.226 e. The van der Waals surface area contributed by atoms with Crippen molar-refractivity contribution in [1.29, 1.82) is 0 Å². The third kappa shape index (κ3) is 2.70. The van der Waals surface area contributed by atoms with Gasteiger partial charge in [0.25, 0.3) is 0 Å². The Morgan fingerprint density at radius 3 is 2.71 bits per heavy atom. The molecule has 5 heteroatoms. The number of carbonyl (C=O) groups excluding carboxylic acids is 1. The number of rotatable bonds is 4. The zero-order chi connectivity index (χ0) is 10.6. The van der Waals surface area contributed by atoms with Crippen LogP contribution in [0.1, 0.15) is 24.2 Å². The van der Waals surface area contributed by atoms with Gasteiger partial charge in [-0.3, -0.25) is 14.8 Å². The van der Waals surface area contributed by atoms with Crippen molar-refractivity contribution in [3.8, 4) is 0 Å². The molecule has 0 spiro atoms. The van der Waals surface area contributed by atoms with Gasteiger partial charge < -0.3 is 5.73 Å². The summed E-state index contributed by atoms with van der Waals surface area (Å²) in [6.45, 7) is 1.72. The van der Waals surface area contributed by atoms with Crippen LogP contribution < -0.4 is 5.73 Å². The number of nitrogens with zero attached hydrogens (tertiary/aromatic N) is 2. The Balaban J connectivity index is 2.77. The fourth-order valence-electron chi connectivity index (χ4n) is 0.957. The molecule has 1 unspecified atom stereocenters. The molecule has 1 aromatic rings. The lowest BCUT2D eigenvalue weighted by atomic mass is 10.1. The molecule has 4 nitrogen and oxygen atoms in total. The summed E-state index contributed by atoms with van der Waals surface area (Å²) >= 11 is 1.68. The van der Waals surface area contributed by atoms with Crippen LogP contribution in [0.25, 0.3) is 0 Å². The molecule has 1 atom stereocenters. The average Bonchev–Trinajstić information content (AvgIpc) is 2.18. The fraction of sp³-hybridized carbons (Fsp3) is 0.444. The lowest BCUT2D eigenvalue weighted by Crippen LogP contribution is -2.19. The Morgan fingerprint density at radius 1 is 1.57 bits per heavy atom. The van der Waals surface area contributed by atoms with Crippen molar-refractivity contribution >= 4 is 17.7 Å². The van der Waals surface area contributed by atoms with Gasteiger partial charge in [-0.2, -0.15) is 11.8 Å². The van der Waals surface area contributed by atoms with Gasteiger partial charge in [-0.25, -0.2) is 0 Å². The molecule has 1 rings (SSSR count). The third-order valence-electron chi connectivity index (χ3n) is 1.89. The van der Waals surface area contributed by atoms with Gasteiger partial charge in [0.2, 0.25) is 5.91 Å². The van der Waals surface area contributed by atoms with E-state index in [-0.39, 0.29) is 11.8 Å². The first-order chi connectivity index (χ1) is 6.65. The Morgan fingerprint density at radius 2 is 2.29 bits per heavy atom. The monoisotopic (exact) mass is 211 g/mol. The van der Waals surface area contributed by atoms with E-state index in [0.29, 0.717) is 5.69 Å². The molecule has 1 heterocycles. The molecule has 1 amide bonds. The lowest BCUT2D eigenvalue weighted by molar-refractivity contribution is -0.119. The highest BCUT2D eigenvalue weighted by molar-refractivity contribution is 7.97. The van der Waals surface area contributed by atoms with E-state index in [0.717, 1.165) is 11.4 Å². The minimum atomic E-state index is -0.378. The van der Waals surface area contributed by atoms with Gasteiger partial charge in [0, 0.05) is 18.1 Å². The number of nitrogens with two attached hydrogens (primary N) is 1. The van der Waals surface area contributed by atoms with Gasteiger partial charge in [0.1, 0.15) is 0 Å². The molecule has 76 valence electrons. The number of thioether (sulfide) groups is 1. The van der Waals surface area contributed by atoms with Crippen LogP contribution >= 0.6 is 11.8 Å². The number of hydrogen-bond donors (Lipinski definition) is 1. The molecule has 0 aliphatic rings. The SMILES string of the molecule is CSCc1cnc(C(C)C(N)=O)cn1. The second-order valence-electron chi connectivity index (χ2n) is 2.99. The molecule has 0 aliphatic heterocycles. The van der Waals surface area contributed by atoms with E-state index in [1.54, 1.807) is 31.1 Å². The van der Waals surface area contributed by atoms with Crippen LogP contribution in [0.4, 0.5) is 0 Å². The minimum Gasteiger partial charge on any atom is -0.369 e. The van der Waals surface area contributed by atoms with Crippen molar-refractivity contribution < 1.29 is 4.79 Å². The molecular weight excluding hydrogens is 198 g/mol. The van der Waals surface area contributed by atoms with Crippen LogP contribution in [-0.2, 0) is 10.5 Å². The summed E-state index contributed by atoms with van der Waals surface area (Å²) in [4.78, 5) is 19.2. The van der Waals surface area contributed by atoms with E-state index in [1.165, 1.54) is 0 Å². The van der Waals surface area contributed by atoms with Gasteiger partial charge in [-0.15, -0.1) is 0 Å². The molecule has 0 aromatic carbocycles. The van der Waals surface area contributed by atoms with E-state index in [2.05, 4.69) is 9.97 Å². The predicted molar refractivity (Wildman–Crippen MR) is 56.9 cm³/mol. The first-order valence-electron chi connectivity index (χ1n) is 4.24. The van der Waals surface area contributed by atoms with Crippen LogP contribution in [0.3, 0.4) is 0 Å². The van der Waals surface area contributed by atoms with E-state index >= 15 is 0 Å². The van der Waals surface area contributed by atoms with E-state index in [1.807, 2.05) is 6.26 Å². The highest BCUT2D eigenvalue weighted by Crippen LogP contribution is 2.11. The molecule has 0 bridgehead atoms. The summed E-state index contributed by atoms with van der Waals surface area (Å²) in [6.07, 6.45) is 5.30. The number of carbonyl (C=O) groups is 1. The van der Waals surface area contributed by atoms with Crippen LogP contribution in [0.2, 0.25) is 0 Å². The number of amides is 1. The maximum atomic E-state index is 10.9. The van der Waals surface area contributed by atoms with Gasteiger partial charge in [0.15, 0.2) is 0 Å². The molecular formula is C9H13N3OS. The van der Waals surface area contributed by atoms with Crippen molar-refractivity contribution in [2.75, 3.05) is 6.26 Å². The number of aromatic nitrogens is 2. The zero-order valence-electron chi connectivity index (χ0n) is 8.23. The first kappa shape index (κ1) is 11.0. The fourth-order valence-corrected chi connectivity index (χ4v) is 1.40. The topological polar surface area (TPSA) is 68.9 Å². The standard InChI is InChI=1S/C9H13N3OS/c1-6(9(10)13)8-4-11-7(3-12-8)5-14-2/h3-4,6H,5H2,1-2H3,(H2,10,13). The van der Waals surface area contributed by atoms with Gasteiger partial charge in [-0.05, 0) is 13.2 Å². The summed E-state index contributed by atoms with van der Waals surface area (Å²) in [5.41, 5.74) is 6.70. The summed E-state index contributed by atoms with van der Waals surface area (Å²) in [5, 5.41) is 0. The summed E-state index contributed by atoms with van der Waals surface area (Å²) in [6, 6.07) is 0. The lowest BCUT2D eigenvalue weighted by Gasteiger charge is -2.05. The van der Waals surface area contributed by atoms with Gasteiger partial charge >= 0.3 is 0 Å². The molecule has 0 aliphatic carbocycles. The van der Waals surface area contributed by atoms with Crippen LogP contribution in [-0.4, -0.2) is 22.1 Å². The van der Waals surface area contributed by atoms with E-state index in [9.17, 15) is 4.79 Å². The Kier molecular flexibility index (Phi) is 3.88. The molecule has 0 saturated heterocycles. The summed E-state index contributed by atoms with van der Waals surface area (Å²) in [7, 11) is 0. The minimum absolute atomic E-state index is 0.370. The largest absolute Gasteiger partial charge is 0.369 e.